The van der Waals surface area contributed by atoms with Gasteiger partial charge in [-0.2, -0.15) is 13.2 Å². The van der Waals surface area contributed by atoms with Crippen LogP contribution in [0, 0.1) is 0 Å². The van der Waals surface area contributed by atoms with Crippen molar-refractivity contribution in [2.45, 2.75) is 19.3 Å². The minimum Gasteiger partial charge on any atom is -0.543 e. The maximum absolute atomic E-state index is 12.7. The van der Waals surface area contributed by atoms with Crippen LogP contribution in [0.2, 0.25) is 0 Å². The number of carboxylic acids is 1. The Hall–Kier alpha value is -2.26. The Morgan fingerprint density at radius 1 is 1.21 bits per heavy atom. The van der Waals surface area contributed by atoms with E-state index in [0.29, 0.717) is 9.47 Å². The summed E-state index contributed by atoms with van der Waals surface area (Å²) in [5.74, 6) is -3.26. The van der Waals surface area contributed by atoms with Gasteiger partial charge >= 0.3 is 6.18 Å². The number of halogens is 3. The minimum absolute atomic E-state index is 0.235. The average Bonchev–Trinajstić information content (AvgIpc) is 2.66. The van der Waals surface area contributed by atoms with Crippen LogP contribution in [0.5, 0.6) is 0 Å². The third kappa shape index (κ3) is 2.20. The molecule has 1 aromatic heterocycles. The first-order chi connectivity index (χ1) is 8.71. The largest absolute Gasteiger partial charge is 0.543 e. The Balaban J connectivity index is 2.53. The van der Waals surface area contributed by atoms with Crippen LogP contribution in [-0.2, 0) is 19.3 Å². The molecule has 104 valence electrons. The minimum atomic E-state index is -4.83. The zero-order valence-electron chi connectivity index (χ0n) is 9.23. The first-order valence-corrected chi connectivity index (χ1v) is 5.05. The fourth-order valence-electron chi connectivity index (χ4n) is 1.90. The van der Waals surface area contributed by atoms with Crippen LogP contribution in [0.4, 0.5) is 18.0 Å². The lowest BCUT2D eigenvalue weighted by Crippen LogP contribution is -2.46. The highest BCUT2D eigenvalue weighted by atomic mass is 19.4. The number of alkyl halides is 3. The number of fused-ring (bicyclic) bond motifs is 1. The molecule has 0 atom stereocenters. The van der Waals surface area contributed by atoms with E-state index in [2.05, 4.69) is 4.98 Å². The molecule has 0 fully saturated rings. The highest BCUT2D eigenvalue weighted by Crippen LogP contribution is 2.32. The summed E-state index contributed by atoms with van der Waals surface area (Å²) >= 11 is 0. The number of aromatic nitrogens is 2. The number of nitrogens with zero attached hydrogens (tertiary/aromatic N) is 3. The third-order valence-corrected chi connectivity index (χ3v) is 2.71. The van der Waals surface area contributed by atoms with Gasteiger partial charge in [0.15, 0.2) is 0 Å². The first kappa shape index (κ1) is 13.2. The van der Waals surface area contributed by atoms with Crippen molar-refractivity contribution in [3.05, 3.63) is 17.2 Å². The van der Waals surface area contributed by atoms with Gasteiger partial charge in [-0.15, -0.1) is 0 Å². The summed E-state index contributed by atoms with van der Waals surface area (Å²) < 4.78 is 38.7. The fourth-order valence-corrected chi connectivity index (χ4v) is 1.90. The second kappa shape index (κ2) is 4.14. The van der Waals surface area contributed by atoms with E-state index in [1.54, 1.807) is 0 Å². The Labute approximate surface area is 103 Å². The number of carboxylic acid groups (broad SMARTS) is 2. The molecule has 2 heterocycles. The van der Waals surface area contributed by atoms with Crippen molar-refractivity contribution in [2.75, 3.05) is 6.54 Å². The van der Waals surface area contributed by atoms with Crippen molar-refractivity contribution in [1.29, 1.82) is 0 Å². The smallest absolute Gasteiger partial charge is 0.449 e. The number of amides is 1. The second-order valence-corrected chi connectivity index (χ2v) is 3.86. The van der Waals surface area contributed by atoms with Gasteiger partial charge in [0.2, 0.25) is 5.82 Å². The summed E-state index contributed by atoms with van der Waals surface area (Å²) in [5, 5.41) is 21.4. The van der Waals surface area contributed by atoms with Crippen LogP contribution in [0.3, 0.4) is 0 Å². The predicted octanol–water partition coefficient (Wildman–Crippen LogP) is -1.58. The van der Waals surface area contributed by atoms with E-state index in [1.165, 1.54) is 0 Å². The molecular weight excluding hydrogens is 271 g/mol. The predicted molar refractivity (Wildman–Crippen MR) is 47.4 cm³/mol. The van der Waals surface area contributed by atoms with E-state index in [4.69, 9.17) is 0 Å². The molecule has 1 amide bonds. The molecule has 10 heteroatoms. The van der Waals surface area contributed by atoms with Gasteiger partial charge in [0.1, 0.15) is 11.8 Å². The Morgan fingerprint density at radius 2 is 1.84 bits per heavy atom. The third-order valence-electron chi connectivity index (χ3n) is 2.71. The van der Waals surface area contributed by atoms with Gasteiger partial charge in [0, 0.05) is 13.1 Å². The van der Waals surface area contributed by atoms with Gasteiger partial charge in [-0.05, 0) is 0 Å². The maximum atomic E-state index is 12.7. The zero-order chi connectivity index (χ0) is 14.4. The van der Waals surface area contributed by atoms with Gasteiger partial charge in [0.25, 0.3) is 0 Å². The molecule has 0 saturated heterocycles. The van der Waals surface area contributed by atoms with Gasteiger partial charge in [-0.25, -0.2) is 4.98 Å². The zero-order valence-corrected chi connectivity index (χ0v) is 9.23. The molecule has 0 spiro atoms. The van der Waals surface area contributed by atoms with E-state index >= 15 is 0 Å². The molecule has 1 aromatic rings. The molecule has 2 rings (SSSR count). The first-order valence-electron chi connectivity index (χ1n) is 5.05. The number of hydrogen-bond donors (Lipinski definition) is 0. The lowest BCUT2D eigenvalue weighted by molar-refractivity contribution is -0.267. The highest BCUT2D eigenvalue weighted by Gasteiger charge is 2.40. The van der Waals surface area contributed by atoms with Crippen LogP contribution < -0.4 is 10.2 Å². The lowest BCUT2D eigenvalue weighted by atomic mass is 10.2. The molecule has 0 bridgehead atoms. The molecule has 19 heavy (non-hydrogen) atoms. The van der Waals surface area contributed by atoms with Crippen LogP contribution in [-0.4, -0.2) is 33.1 Å². The topological polar surface area (TPSA) is 101 Å². The van der Waals surface area contributed by atoms with E-state index in [1.807, 2.05) is 0 Å². The monoisotopic (exact) mass is 277 g/mol. The highest BCUT2D eigenvalue weighted by molar-refractivity contribution is 5.85. The van der Waals surface area contributed by atoms with E-state index in [9.17, 15) is 33.0 Å². The van der Waals surface area contributed by atoms with Crippen molar-refractivity contribution in [1.82, 2.24) is 14.5 Å². The summed E-state index contributed by atoms with van der Waals surface area (Å²) in [6, 6.07) is 0. The molecule has 1 aliphatic rings. The summed E-state index contributed by atoms with van der Waals surface area (Å²) in [4.78, 5) is 25.1. The molecule has 7 nitrogen and oxygen atoms in total. The van der Waals surface area contributed by atoms with E-state index in [0.717, 1.165) is 0 Å². The summed E-state index contributed by atoms with van der Waals surface area (Å²) in [5.41, 5.74) is -1.26. The van der Waals surface area contributed by atoms with Crippen molar-refractivity contribution in [2.24, 2.45) is 0 Å². The Kier molecular flexibility index (Phi) is 2.87. The number of aromatic carboxylic acids is 1. The van der Waals surface area contributed by atoms with Crippen LogP contribution in [0.15, 0.2) is 0 Å². The van der Waals surface area contributed by atoms with Crippen LogP contribution in [0.25, 0.3) is 0 Å². The Bertz CT molecular complexity index is 552. The number of imidazole rings is 1. The van der Waals surface area contributed by atoms with Crippen molar-refractivity contribution in [3.8, 4) is 0 Å². The molecule has 0 aliphatic carbocycles. The normalized spacial score (nSPS) is 15.2. The van der Waals surface area contributed by atoms with Gasteiger partial charge in [-0.3, -0.25) is 0 Å². The van der Waals surface area contributed by atoms with Crippen molar-refractivity contribution >= 4 is 12.1 Å². The van der Waals surface area contributed by atoms with E-state index < -0.39 is 36.3 Å². The number of carbonyl (C=O) groups is 2. The molecule has 1 aliphatic heterocycles. The lowest BCUT2D eigenvalue weighted by Gasteiger charge is -2.31. The van der Waals surface area contributed by atoms with Crippen molar-refractivity contribution in [3.63, 3.8) is 0 Å². The molecule has 0 aromatic carbocycles. The van der Waals surface area contributed by atoms with Crippen LogP contribution >= 0.6 is 0 Å². The fraction of sp³-hybridized carbons (Fsp3) is 0.444. The summed E-state index contributed by atoms with van der Waals surface area (Å²) in [6.45, 7) is -1.12. The van der Waals surface area contributed by atoms with Gasteiger partial charge < -0.3 is 29.3 Å². The molecule has 0 radical (unpaired) electrons. The quantitative estimate of drug-likeness (QED) is 0.617. The molecular formula is C9H6F3N3O4-2. The SMILES string of the molecule is O=C([O-])c1nc(C(F)(F)F)n2c1CN(C(=O)[O-])CC2. The van der Waals surface area contributed by atoms with Gasteiger partial charge in [0.05, 0.1) is 18.2 Å². The summed E-state index contributed by atoms with van der Waals surface area (Å²) in [6.07, 6.45) is -6.42. The number of carbonyl (C=O) groups excluding carboxylic acids is 2. The second-order valence-electron chi connectivity index (χ2n) is 3.86. The van der Waals surface area contributed by atoms with Crippen LogP contribution in [0.1, 0.15) is 22.0 Å². The summed E-state index contributed by atoms with van der Waals surface area (Å²) in [7, 11) is 0. The van der Waals surface area contributed by atoms with E-state index in [-0.39, 0.29) is 18.8 Å². The molecule has 0 saturated carbocycles. The van der Waals surface area contributed by atoms with Gasteiger partial charge in [-0.1, -0.05) is 0 Å². The molecule has 0 N–H and O–H groups in total. The Morgan fingerprint density at radius 3 is 2.32 bits per heavy atom. The standard InChI is InChI=1S/C9H8F3N3O4/c10-9(11,12)7-13-5(6(16)17)4-3-14(8(18)19)1-2-15(4)7/h1-3H2,(H,16,17)(H,18,19)/p-2. The number of hydrogen-bond acceptors (Lipinski definition) is 5. The number of rotatable bonds is 1. The maximum Gasteiger partial charge on any atom is 0.449 e. The van der Waals surface area contributed by atoms with Crippen molar-refractivity contribution < 1.29 is 33.0 Å². The average molecular weight is 277 g/mol. The molecule has 0 unspecified atom stereocenters.